The molecule has 0 amide bonds. The minimum absolute atomic E-state index is 0.0225. The van der Waals surface area contributed by atoms with E-state index in [1.165, 1.54) is 0 Å². The van der Waals surface area contributed by atoms with Crippen molar-refractivity contribution in [2.75, 3.05) is 6.16 Å². The maximum atomic E-state index is 9.78. The molecule has 14 heavy (non-hydrogen) atoms. The van der Waals surface area contributed by atoms with E-state index in [0.717, 1.165) is 5.56 Å². The van der Waals surface area contributed by atoms with Crippen molar-refractivity contribution in [3.05, 3.63) is 29.8 Å². The number of hydrogen-bond acceptors (Lipinski definition) is 3. The minimum atomic E-state index is -4.57. The summed E-state index contributed by atoms with van der Waals surface area (Å²) < 4.78 is 0. The first kappa shape index (κ1) is 11.6. The predicted molar refractivity (Wildman–Crippen MR) is 59.5 cm³/mol. The van der Waals surface area contributed by atoms with Crippen LogP contribution in [0.4, 0.5) is 0 Å². The Kier molecular flexibility index (Phi) is 2.98. The van der Waals surface area contributed by atoms with Crippen LogP contribution in [0.3, 0.4) is 0 Å². The molecule has 0 aliphatic heterocycles. The van der Waals surface area contributed by atoms with Gasteiger partial charge in [-0.1, -0.05) is 0 Å². The quantitative estimate of drug-likeness (QED) is 0.667. The van der Waals surface area contributed by atoms with Gasteiger partial charge in [0.1, 0.15) is 0 Å². The van der Waals surface area contributed by atoms with Gasteiger partial charge < -0.3 is 0 Å². The Hall–Kier alpha value is -0.470. The van der Waals surface area contributed by atoms with E-state index in [0.29, 0.717) is 6.42 Å². The van der Waals surface area contributed by atoms with Gasteiger partial charge in [0.05, 0.1) is 0 Å². The summed E-state index contributed by atoms with van der Waals surface area (Å²) in [5.41, 5.74) is 1.03. The molecular formula is C10H17O3P. The van der Waals surface area contributed by atoms with E-state index in [9.17, 15) is 14.7 Å². The summed E-state index contributed by atoms with van der Waals surface area (Å²) >= 11 is 0. The van der Waals surface area contributed by atoms with Gasteiger partial charge in [-0.3, -0.25) is 0 Å². The van der Waals surface area contributed by atoms with E-state index in [4.69, 9.17) is 0 Å². The average molecular weight is 216 g/mol. The van der Waals surface area contributed by atoms with Crippen molar-refractivity contribution >= 4 is 12.6 Å². The molecule has 0 spiro atoms. The van der Waals surface area contributed by atoms with Crippen LogP contribution in [-0.2, 0) is 0 Å². The van der Waals surface area contributed by atoms with Crippen molar-refractivity contribution in [1.82, 2.24) is 0 Å². The Bertz CT molecular complexity index is 310. The van der Waals surface area contributed by atoms with Crippen molar-refractivity contribution < 1.29 is 14.7 Å². The predicted octanol–water partition coefficient (Wildman–Crippen LogP) is 1.31. The zero-order chi connectivity index (χ0) is 10.8. The van der Waals surface area contributed by atoms with Crippen LogP contribution in [0.5, 0.6) is 0 Å². The van der Waals surface area contributed by atoms with Crippen LogP contribution in [0.25, 0.3) is 0 Å². The molecule has 80 valence electrons. The molecule has 0 unspecified atom stereocenters. The van der Waals surface area contributed by atoms with E-state index in [1.807, 2.05) is 6.92 Å². The van der Waals surface area contributed by atoms with E-state index < -0.39 is 7.28 Å². The topological polar surface area (TPSA) is 60.7 Å². The van der Waals surface area contributed by atoms with Crippen LogP contribution in [0, 0.1) is 6.92 Å². The molecule has 0 aliphatic carbocycles. The van der Waals surface area contributed by atoms with Crippen LogP contribution in [0.15, 0.2) is 24.3 Å². The molecule has 0 radical (unpaired) electrons. The van der Waals surface area contributed by atoms with Crippen LogP contribution in [0.2, 0.25) is 0 Å². The summed E-state index contributed by atoms with van der Waals surface area (Å²) in [6.07, 6.45) is 0.559. The normalized spacial score (nSPS) is 14.8. The van der Waals surface area contributed by atoms with Crippen molar-refractivity contribution in [2.45, 2.75) is 20.3 Å². The molecule has 4 heteroatoms. The third-order valence-corrected chi connectivity index (χ3v) is 4.83. The zero-order valence-electron chi connectivity index (χ0n) is 8.51. The summed E-state index contributed by atoms with van der Waals surface area (Å²) in [4.78, 5) is 29.4. The Morgan fingerprint density at radius 3 is 2.00 bits per heavy atom. The first-order valence-electron chi connectivity index (χ1n) is 4.67. The summed E-state index contributed by atoms with van der Waals surface area (Å²) in [7, 11) is -4.57. The molecule has 3 nitrogen and oxygen atoms in total. The van der Waals surface area contributed by atoms with Gasteiger partial charge in [-0.05, 0) is 0 Å². The monoisotopic (exact) mass is 216 g/mol. The molecule has 0 bridgehead atoms. The Balaban J connectivity index is 3.08. The second-order valence-corrected chi connectivity index (χ2v) is 6.97. The van der Waals surface area contributed by atoms with E-state index in [2.05, 4.69) is 0 Å². The number of rotatable bonds is 3. The molecule has 3 N–H and O–H groups in total. The van der Waals surface area contributed by atoms with Crippen LogP contribution in [-0.4, -0.2) is 20.8 Å². The van der Waals surface area contributed by atoms with Gasteiger partial charge in [0.2, 0.25) is 0 Å². The fourth-order valence-corrected chi connectivity index (χ4v) is 3.23. The van der Waals surface area contributed by atoms with Gasteiger partial charge in [0.15, 0.2) is 0 Å². The summed E-state index contributed by atoms with van der Waals surface area (Å²) in [5.74, 6) is 0. The number of hydrogen-bond donors (Lipinski definition) is 3. The van der Waals surface area contributed by atoms with Crippen molar-refractivity contribution in [3.63, 3.8) is 0 Å². The van der Waals surface area contributed by atoms with E-state index in [-0.39, 0.29) is 11.5 Å². The molecule has 1 aromatic rings. The fourth-order valence-electron chi connectivity index (χ4n) is 1.39. The van der Waals surface area contributed by atoms with Gasteiger partial charge in [0, 0.05) is 0 Å². The Morgan fingerprint density at radius 1 is 1.07 bits per heavy atom. The third kappa shape index (κ3) is 2.52. The number of aryl methyl sites for hydroxylation is 1. The molecule has 1 aromatic carbocycles. The van der Waals surface area contributed by atoms with Crippen molar-refractivity contribution in [2.24, 2.45) is 0 Å². The number of benzene rings is 1. The average Bonchev–Trinajstić information content (AvgIpc) is 2.03. The second kappa shape index (κ2) is 3.59. The molecule has 0 atom stereocenters. The van der Waals surface area contributed by atoms with Gasteiger partial charge in [-0.15, -0.1) is 0 Å². The van der Waals surface area contributed by atoms with Crippen molar-refractivity contribution in [1.29, 1.82) is 0 Å². The molecule has 0 aliphatic rings. The fraction of sp³-hybridized carbons (Fsp3) is 0.400. The molecular weight excluding hydrogens is 199 g/mol. The van der Waals surface area contributed by atoms with Crippen LogP contribution >= 0.6 is 7.28 Å². The summed E-state index contributed by atoms with van der Waals surface area (Å²) in [5, 5.41) is 0.239. The SMILES string of the molecule is CCCP(O)(O)(O)c1ccc(C)cc1. The van der Waals surface area contributed by atoms with Gasteiger partial charge in [0.25, 0.3) is 0 Å². The standard InChI is InChI=1S/C10H17O3P/c1-3-8-14(11,12,13)10-6-4-9(2)5-7-10/h4-7,11-13H,3,8H2,1-2H3. The van der Waals surface area contributed by atoms with Crippen LogP contribution in [0.1, 0.15) is 18.9 Å². The van der Waals surface area contributed by atoms with E-state index in [1.54, 1.807) is 31.2 Å². The van der Waals surface area contributed by atoms with Crippen LogP contribution < -0.4 is 5.30 Å². The second-order valence-electron chi connectivity index (χ2n) is 3.71. The summed E-state index contributed by atoms with van der Waals surface area (Å²) in [6, 6.07) is 6.66. The first-order valence-corrected chi connectivity index (χ1v) is 6.95. The van der Waals surface area contributed by atoms with E-state index >= 15 is 0 Å². The Morgan fingerprint density at radius 2 is 1.57 bits per heavy atom. The molecule has 0 saturated carbocycles. The third-order valence-electron chi connectivity index (χ3n) is 2.20. The van der Waals surface area contributed by atoms with Crippen molar-refractivity contribution in [3.8, 4) is 0 Å². The maximum absolute atomic E-state index is 9.78. The summed E-state index contributed by atoms with van der Waals surface area (Å²) in [6.45, 7) is 3.71. The molecule has 1 rings (SSSR count). The van der Waals surface area contributed by atoms with Gasteiger partial charge in [-0.2, -0.15) is 0 Å². The van der Waals surface area contributed by atoms with Gasteiger partial charge >= 0.3 is 83.5 Å². The first-order chi connectivity index (χ1) is 6.33. The van der Waals surface area contributed by atoms with Gasteiger partial charge in [-0.25, -0.2) is 0 Å². The zero-order valence-corrected chi connectivity index (χ0v) is 9.41. The molecule has 0 fully saturated rings. The molecule has 0 heterocycles. The molecule has 0 saturated heterocycles. The molecule has 0 aromatic heterocycles. The Labute approximate surface area is 84.2 Å².